The summed E-state index contributed by atoms with van der Waals surface area (Å²) in [4.78, 5) is 25.5. The van der Waals surface area contributed by atoms with E-state index in [0.717, 1.165) is 19.3 Å². The lowest BCUT2D eigenvalue weighted by atomic mass is 10.2. The molecule has 124 valence electrons. The van der Waals surface area contributed by atoms with Gasteiger partial charge < -0.3 is 14.6 Å². The van der Waals surface area contributed by atoms with Gasteiger partial charge in [0.25, 0.3) is 5.56 Å². The van der Waals surface area contributed by atoms with E-state index in [9.17, 15) is 14.7 Å². The van der Waals surface area contributed by atoms with E-state index in [-0.39, 0.29) is 0 Å². The minimum Gasteiger partial charge on any atom is -0.390 e. The molecule has 0 aliphatic carbocycles. The first-order valence-corrected chi connectivity index (χ1v) is 7.76. The fourth-order valence-corrected chi connectivity index (χ4v) is 2.49. The highest BCUT2D eigenvalue weighted by molar-refractivity contribution is 5.02. The molecule has 1 unspecified atom stereocenters. The zero-order chi connectivity index (χ0) is 16.1. The van der Waals surface area contributed by atoms with Crippen molar-refractivity contribution in [3.8, 4) is 0 Å². The molecule has 7 nitrogen and oxygen atoms in total. The number of hydrogen-bond acceptors (Lipinski definition) is 5. The third-order valence-electron chi connectivity index (χ3n) is 3.83. The van der Waals surface area contributed by atoms with E-state index in [1.54, 1.807) is 6.92 Å². The standard InChI is InChI=1S/C15H24N2O5/c1-3-4-5-6-21-9-12-11(18)7-13(22-12)17-8-10(2)14(19)16-15(17)20/h8,11-13,18H,3-7,9H2,1-2H3,(H,16,19,20)/t11?,12-,13-/m1/s1. The highest BCUT2D eigenvalue weighted by atomic mass is 16.6. The van der Waals surface area contributed by atoms with E-state index < -0.39 is 29.7 Å². The fourth-order valence-electron chi connectivity index (χ4n) is 2.49. The summed E-state index contributed by atoms with van der Waals surface area (Å²) in [5.41, 5.74) is -0.509. The molecule has 2 N–H and O–H groups in total. The third-order valence-corrected chi connectivity index (χ3v) is 3.83. The highest BCUT2D eigenvalue weighted by Gasteiger charge is 2.35. The Morgan fingerprint density at radius 3 is 2.95 bits per heavy atom. The molecule has 0 aromatic carbocycles. The Hall–Kier alpha value is -1.44. The number of nitrogens with one attached hydrogen (secondary N) is 1. The number of rotatable bonds is 7. The number of ether oxygens (including phenoxy) is 2. The monoisotopic (exact) mass is 312 g/mol. The van der Waals surface area contributed by atoms with Gasteiger partial charge in [-0.25, -0.2) is 4.79 Å². The van der Waals surface area contributed by atoms with Gasteiger partial charge in [-0.05, 0) is 13.3 Å². The SMILES string of the molecule is CCCCCOC[C@H]1O[C@@H](n2cc(C)c(=O)[nH]c2=O)CC1O. The van der Waals surface area contributed by atoms with E-state index in [2.05, 4.69) is 11.9 Å². The van der Waals surface area contributed by atoms with Crippen molar-refractivity contribution in [2.24, 2.45) is 0 Å². The largest absolute Gasteiger partial charge is 0.390 e. The lowest BCUT2D eigenvalue weighted by molar-refractivity contribution is -0.0638. The number of nitrogens with zero attached hydrogens (tertiary/aromatic N) is 1. The van der Waals surface area contributed by atoms with Gasteiger partial charge in [-0.15, -0.1) is 0 Å². The molecule has 1 aromatic rings. The summed E-state index contributed by atoms with van der Waals surface area (Å²) in [5.74, 6) is 0. The van der Waals surface area contributed by atoms with Gasteiger partial charge in [0.05, 0.1) is 12.7 Å². The first-order chi connectivity index (χ1) is 10.5. The van der Waals surface area contributed by atoms with Crippen LogP contribution in [-0.2, 0) is 9.47 Å². The Morgan fingerprint density at radius 2 is 2.23 bits per heavy atom. The lowest BCUT2D eigenvalue weighted by Crippen LogP contribution is -2.33. The van der Waals surface area contributed by atoms with Gasteiger partial charge in [0.2, 0.25) is 0 Å². The Balaban J connectivity index is 1.94. The molecule has 1 aromatic heterocycles. The summed E-state index contributed by atoms with van der Waals surface area (Å²) in [6.07, 6.45) is 3.27. The summed E-state index contributed by atoms with van der Waals surface area (Å²) in [6.45, 7) is 4.69. The first-order valence-electron chi connectivity index (χ1n) is 7.76. The zero-order valence-corrected chi connectivity index (χ0v) is 13.1. The second-order valence-electron chi connectivity index (χ2n) is 5.69. The number of aromatic nitrogens is 2. The van der Waals surface area contributed by atoms with Crippen molar-refractivity contribution in [1.29, 1.82) is 0 Å². The van der Waals surface area contributed by atoms with E-state index in [1.807, 2.05) is 0 Å². The fraction of sp³-hybridized carbons (Fsp3) is 0.733. The van der Waals surface area contributed by atoms with Crippen LogP contribution in [0.15, 0.2) is 15.8 Å². The molecule has 7 heteroatoms. The molecule has 1 fully saturated rings. The maximum atomic E-state index is 11.8. The summed E-state index contributed by atoms with van der Waals surface area (Å²) >= 11 is 0. The van der Waals surface area contributed by atoms with E-state index in [1.165, 1.54) is 10.8 Å². The van der Waals surface area contributed by atoms with Gasteiger partial charge in [-0.3, -0.25) is 14.3 Å². The number of H-pyrrole nitrogens is 1. The van der Waals surface area contributed by atoms with Crippen molar-refractivity contribution in [3.05, 3.63) is 32.6 Å². The topological polar surface area (TPSA) is 93.5 Å². The number of aryl methyl sites for hydroxylation is 1. The second-order valence-corrected chi connectivity index (χ2v) is 5.69. The molecule has 0 amide bonds. The Bertz CT molecular complexity index is 594. The molecular weight excluding hydrogens is 288 g/mol. The van der Waals surface area contributed by atoms with Gasteiger partial charge in [0.1, 0.15) is 12.3 Å². The molecule has 0 radical (unpaired) electrons. The van der Waals surface area contributed by atoms with Crippen LogP contribution in [-0.4, -0.2) is 40.1 Å². The molecule has 0 bridgehead atoms. The summed E-state index contributed by atoms with van der Waals surface area (Å²) in [5, 5.41) is 10.0. The maximum absolute atomic E-state index is 11.8. The van der Waals surface area contributed by atoms with Crippen molar-refractivity contribution in [2.45, 2.75) is 58.0 Å². The van der Waals surface area contributed by atoms with Gasteiger partial charge in [0, 0.05) is 24.8 Å². The van der Waals surface area contributed by atoms with E-state index in [4.69, 9.17) is 9.47 Å². The zero-order valence-electron chi connectivity index (χ0n) is 13.1. The smallest absolute Gasteiger partial charge is 0.330 e. The highest BCUT2D eigenvalue weighted by Crippen LogP contribution is 2.27. The average molecular weight is 312 g/mol. The number of aromatic amines is 1. The minimum atomic E-state index is -0.685. The predicted octanol–water partition coefficient (Wildman–Crippen LogP) is 0.700. The Kier molecular flexibility index (Phi) is 5.93. The summed E-state index contributed by atoms with van der Waals surface area (Å²) in [7, 11) is 0. The molecule has 2 rings (SSSR count). The van der Waals surface area contributed by atoms with Crippen molar-refractivity contribution in [3.63, 3.8) is 0 Å². The Labute approximate surface area is 128 Å². The van der Waals surface area contributed by atoms with Gasteiger partial charge in [-0.2, -0.15) is 0 Å². The van der Waals surface area contributed by atoms with Crippen molar-refractivity contribution >= 4 is 0 Å². The van der Waals surface area contributed by atoms with Crippen LogP contribution in [0.3, 0.4) is 0 Å². The Morgan fingerprint density at radius 1 is 1.45 bits per heavy atom. The van der Waals surface area contributed by atoms with Crippen LogP contribution >= 0.6 is 0 Å². The second kappa shape index (κ2) is 7.71. The van der Waals surface area contributed by atoms with E-state index >= 15 is 0 Å². The molecule has 2 heterocycles. The van der Waals surface area contributed by atoms with Crippen LogP contribution in [0.4, 0.5) is 0 Å². The molecule has 3 atom stereocenters. The van der Waals surface area contributed by atoms with E-state index in [0.29, 0.717) is 25.2 Å². The van der Waals surface area contributed by atoms with Crippen LogP contribution in [0.2, 0.25) is 0 Å². The quantitative estimate of drug-likeness (QED) is 0.723. The molecular formula is C15H24N2O5. The van der Waals surface area contributed by atoms with Gasteiger partial charge in [-0.1, -0.05) is 19.8 Å². The summed E-state index contributed by atoms with van der Waals surface area (Å²) in [6, 6.07) is 0. The van der Waals surface area contributed by atoms with Crippen molar-refractivity contribution in [2.75, 3.05) is 13.2 Å². The normalized spacial score (nSPS) is 24.8. The van der Waals surface area contributed by atoms with Crippen molar-refractivity contribution in [1.82, 2.24) is 9.55 Å². The molecule has 0 saturated carbocycles. The number of aliphatic hydroxyl groups excluding tert-OH is 1. The predicted molar refractivity (Wildman–Crippen MR) is 80.9 cm³/mol. The summed E-state index contributed by atoms with van der Waals surface area (Å²) < 4.78 is 12.5. The molecule has 1 saturated heterocycles. The van der Waals surface area contributed by atoms with Crippen LogP contribution in [0, 0.1) is 6.92 Å². The molecule has 1 aliphatic rings. The molecule has 1 aliphatic heterocycles. The maximum Gasteiger partial charge on any atom is 0.330 e. The lowest BCUT2D eigenvalue weighted by Gasteiger charge is -2.16. The number of aliphatic hydroxyl groups is 1. The first kappa shape index (κ1) is 16.9. The number of unbranched alkanes of at least 4 members (excludes halogenated alkanes) is 2. The van der Waals surface area contributed by atoms with Crippen molar-refractivity contribution < 1.29 is 14.6 Å². The number of hydrogen-bond donors (Lipinski definition) is 2. The average Bonchev–Trinajstić information content (AvgIpc) is 2.84. The molecule has 22 heavy (non-hydrogen) atoms. The van der Waals surface area contributed by atoms with Crippen LogP contribution in [0.25, 0.3) is 0 Å². The third kappa shape index (κ3) is 4.06. The molecule has 0 spiro atoms. The van der Waals surface area contributed by atoms with Gasteiger partial charge >= 0.3 is 5.69 Å². The van der Waals surface area contributed by atoms with Crippen LogP contribution in [0.5, 0.6) is 0 Å². The van der Waals surface area contributed by atoms with Crippen LogP contribution in [0.1, 0.15) is 44.4 Å². The van der Waals surface area contributed by atoms with Gasteiger partial charge in [0.15, 0.2) is 0 Å². The van der Waals surface area contributed by atoms with Crippen LogP contribution < -0.4 is 11.2 Å². The minimum absolute atomic E-state index is 0.300.